The van der Waals surface area contributed by atoms with Crippen LogP contribution in [0.1, 0.15) is 52.0 Å². The van der Waals surface area contributed by atoms with Crippen molar-refractivity contribution in [2.24, 2.45) is 5.92 Å². The Hall–Kier alpha value is -2.14. The Labute approximate surface area is 152 Å². The molecule has 1 aliphatic carbocycles. The van der Waals surface area contributed by atoms with Crippen LogP contribution in [0.25, 0.3) is 0 Å². The fourth-order valence-electron chi connectivity index (χ4n) is 3.12. The number of ether oxygens (including phenoxy) is 1. The van der Waals surface area contributed by atoms with E-state index in [4.69, 9.17) is 4.74 Å². The normalized spacial score (nSPS) is 17.4. The number of esters is 1. The Kier molecular flexibility index (Phi) is 5.53. The number of carbonyl (C=O) groups is 2. The summed E-state index contributed by atoms with van der Waals surface area (Å²) >= 11 is 1.50. The lowest BCUT2D eigenvalue weighted by Gasteiger charge is -2.16. The minimum atomic E-state index is -0.408. The third-order valence-electron chi connectivity index (χ3n) is 4.54. The first kappa shape index (κ1) is 17.7. The van der Waals surface area contributed by atoms with Gasteiger partial charge in [0.25, 0.3) is 5.91 Å². The van der Waals surface area contributed by atoms with Crippen molar-refractivity contribution in [3.05, 3.63) is 57.3 Å². The summed E-state index contributed by atoms with van der Waals surface area (Å²) in [6.45, 7) is 3.88. The van der Waals surface area contributed by atoms with Crippen LogP contribution in [0.2, 0.25) is 0 Å². The van der Waals surface area contributed by atoms with E-state index in [0.29, 0.717) is 10.8 Å². The van der Waals surface area contributed by atoms with Crippen molar-refractivity contribution in [3.63, 3.8) is 0 Å². The maximum atomic E-state index is 12.2. The van der Waals surface area contributed by atoms with Crippen molar-refractivity contribution >= 4 is 23.2 Å². The molecule has 1 heterocycles. The lowest BCUT2D eigenvalue weighted by atomic mass is 9.90. The van der Waals surface area contributed by atoms with Crippen LogP contribution >= 0.6 is 11.3 Å². The van der Waals surface area contributed by atoms with Gasteiger partial charge in [-0.25, -0.2) is 4.79 Å². The van der Waals surface area contributed by atoms with Crippen molar-refractivity contribution < 1.29 is 14.3 Å². The zero-order valence-electron chi connectivity index (χ0n) is 14.6. The average molecular weight is 357 g/mol. The van der Waals surface area contributed by atoms with Gasteiger partial charge < -0.3 is 10.1 Å². The molecule has 1 aromatic carbocycles. The SMILES string of the molecule is C[C@H]1CCc2sc(C(=O)OCC(=O)N[C@H](C)c3ccccc3)cc2C1. The van der Waals surface area contributed by atoms with E-state index in [2.05, 4.69) is 12.2 Å². The number of hydrogen-bond acceptors (Lipinski definition) is 4. The lowest BCUT2D eigenvalue weighted by molar-refractivity contribution is -0.124. The number of thiophene rings is 1. The number of fused-ring (bicyclic) bond motifs is 1. The van der Waals surface area contributed by atoms with E-state index in [0.717, 1.165) is 18.4 Å². The topological polar surface area (TPSA) is 55.4 Å². The van der Waals surface area contributed by atoms with Gasteiger partial charge in [0.2, 0.25) is 0 Å². The Balaban J connectivity index is 1.51. The smallest absolute Gasteiger partial charge is 0.348 e. The molecule has 0 spiro atoms. The molecule has 132 valence electrons. The molecule has 4 nitrogen and oxygen atoms in total. The molecule has 2 atom stereocenters. The molecule has 0 saturated heterocycles. The first-order valence-corrected chi connectivity index (χ1v) is 9.47. The highest BCUT2D eigenvalue weighted by molar-refractivity contribution is 7.14. The summed E-state index contributed by atoms with van der Waals surface area (Å²) in [5.41, 5.74) is 2.28. The maximum absolute atomic E-state index is 12.2. The van der Waals surface area contributed by atoms with Crippen molar-refractivity contribution in [1.82, 2.24) is 5.32 Å². The maximum Gasteiger partial charge on any atom is 0.348 e. The molecule has 0 radical (unpaired) electrons. The summed E-state index contributed by atoms with van der Waals surface area (Å²) in [5, 5.41) is 2.84. The Morgan fingerprint density at radius 3 is 2.84 bits per heavy atom. The van der Waals surface area contributed by atoms with E-state index in [1.165, 1.54) is 28.2 Å². The van der Waals surface area contributed by atoms with Gasteiger partial charge in [-0.3, -0.25) is 4.79 Å². The number of amides is 1. The second kappa shape index (κ2) is 7.83. The highest BCUT2D eigenvalue weighted by atomic mass is 32.1. The summed E-state index contributed by atoms with van der Waals surface area (Å²) in [5.74, 6) is -0.0366. The highest BCUT2D eigenvalue weighted by Gasteiger charge is 2.22. The van der Waals surface area contributed by atoms with Crippen LogP contribution in [-0.4, -0.2) is 18.5 Å². The number of carbonyl (C=O) groups excluding carboxylic acids is 2. The predicted octanol–water partition coefficient (Wildman–Crippen LogP) is 3.91. The lowest BCUT2D eigenvalue weighted by Crippen LogP contribution is -2.31. The summed E-state index contributed by atoms with van der Waals surface area (Å²) in [4.78, 5) is 26.1. The molecule has 3 rings (SSSR count). The van der Waals surface area contributed by atoms with Crippen molar-refractivity contribution in [1.29, 1.82) is 0 Å². The van der Waals surface area contributed by atoms with E-state index < -0.39 is 5.97 Å². The second-order valence-electron chi connectivity index (χ2n) is 6.68. The molecule has 1 N–H and O–H groups in total. The molecule has 0 bridgehead atoms. The zero-order valence-corrected chi connectivity index (χ0v) is 15.4. The molecular formula is C20H23NO3S. The van der Waals surface area contributed by atoms with Crippen LogP contribution in [-0.2, 0) is 22.4 Å². The molecule has 5 heteroatoms. The van der Waals surface area contributed by atoms with Gasteiger partial charge in [0, 0.05) is 4.88 Å². The van der Waals surface area contributed by atoms with Crippen LogP contribution in [0, 0.1) is 5.92 Å². The third-order valence-corrected chi connectivity index (χ3v) is 5.76. The van der Waals surface area contributed by atoms with Gasteiger partial charge in [-0.2, -0.15) is 0 Å². The first-order chi connectivity index (χ1) is 12.0. The van der Waals surface area contributed by atoms with Crippen LogP contribution in [0.5, 0.6) is 0 Å². The van der Waals surface area contributed by atoms with E-state index in [1.807, 2.05) is 43.3 Å². The second-order valence-corrected chi connectivity index (χ2v) is 7.82. The monoisotopic (exact) mass is 357 g/mol. The molecule has 0 unspecified atom stereocenters. The molecule has 1 aliphatic rings. The van der Waals surface area contributed by atoms with Gasteiger partial charge in [-0.05, 0) is 49.3 Å². The standard InChI is InChI=1S/C20H23NO3S/c1-13-8-9-17-16(10-13)11-18(25-17)20(23)24-12-19(22)21-14(2)15-6-4-3-5-7-15/h3-7,11,13-14H,8-10,12H2,1-2H3,(H,21,22)/t13-,14+/m0/s1. The van der Waals surface area contributed by atoms with E-state index in [1.54, 1.807) is 0 Å². The van der Waals surface area contributed by atoms with Gasteiger partial charge in [-0.1, -0.05) is 37.3 Å². The van der Waals surface area contributed by atoms with Gasteiger partial charge in [-0.15, -0.1) is 11.3 Å². The van der Waals surface area contributed by atoms with E-state index in [9.17, 15) is 9.59 Å². The first-order valence-electron chi connectivity index (χ1n) is 8.66. The van der Waals surface area contributed by atoms with Gasteiger partial charge in [0.05, 0.1) is 6.04 Å². The van der Waals surface area contributed by atoms with Crippen molar-refractivity contribution in [2.45, 2.75) is 39.2 Å². The Morgan fingerprint density at radius 1 is 1.32 bits per heavy atom. The summed E-state index contributed by atoms with van der Waals surface area (Å²) in [6.07, 6.45) is 3.22. The zero-order chi connectivity index (χ0) is 17.8. The molecular weight excluding hydrogens is 334 g/mol. The molecule has 2 aromatic rings. The minimum absolute atomic E-state index is 0.122. The number of rotatable bonds is 5. The molecule has 25 heavy (non-hydrogen) atoms. The predicted molar refractivity (Wildman–Crippen MR) is 98.8 cm³/mol. The highest BCUT2D eigenvalue weighted by Crippen LogP contribution is 2.32. The minimum Gasteiger partial charge on any atom is -0.451 e. The number of benzene rings is 1. The molecule has 0 aliphatic heterocycles. The van der Waals surface area contributed by atoms with Gasteiger partial charge in [0.1, 0.15) is 4.88 Å². The van der Waals surface area contributed by atoms with Crippen LogP contribution < -0.4 is 5.32 Å². The average Bonchev–Trinajstić information content (AvgIpc) is 3.03. The summed E-state index contributed by atoms with van der Waals surface area (Å²) in [7, 11) is 0. The van der Waals surface area contributed by atoms with E-state index >= 15 is 0 Å². The largest absolute Gasteiger partial charge is 0.451 e. The van der Waals surface area contributed by atoms with Gasteiger partial charge >= 0.3 is 5.97 Å². The van der Waals surface area contributed by atoms with Gasteiger partial charge in [0.15, 0.2) is 6.61 Å². The van der Waals surface area contributed by atoms with Crippen molar-refractivity contribution in [3.8, 4) is 0 Å². The molecule has 0 fully saturated rings. The molecule has 1 aromatic heterocycles. The Morgan fingerprint density at radius 2 is 2.08 bits per heavy atom. The third kappa shape index (κ3) is 4.48. The van der Waals surface area contributed by atoms with Crippen LogP contribution in [0.3, 0.4) is 0 Å². The molecule has 0 saturated carbocycles. The van der Waals surface area contributed by atoms with Crippen molar-refractivity contribution in [2.75, 3.05) is 6.61 Å². The number of aryl methyl sites for hydroxylation is 1. The fraction of sp³-hybridized carbons (Fsp3) is 0.400. The quantitative estimate of drug-likeness (QED) is 0.826. The summed E-state index contributed by atoms with van der Waals surface area (Å²) < 4.78 is 5.19. The number of nitrogens with one attached hydrogen (secondary N) is 1. The fourth-order valence-corrected chi connectivity index (χ4v) is 4.22. The Bertz CT molecular complexity index is 754. The molecule has 1 amide bonds. The van der Waals surface area contributed by atoms with Crippen LogP contribution in [0.4, 0.5) is 0 Å². The number of hydrogen-bond donors (Lipinski definition) is 1. The van der Waals surface area contributed by atoms with Crippen LogP contribution in [0.15, 0.2) is 36.4 Å². The summed E-state index contributed by atoms with van der Waals surface area (Å²) in [6, 6.07) is 11.5. The van der Waals surface area contributed by atoms with E-state index in [-0.39, 0.29) is 18.6 Å².